The molecule has 13 nitrogen and oxygen atoms in total. The molecule has 0 spiro atoms. The minimum Gasteiger partial charge on any atom is -0.480 e. The maximum atomic E-state index is 13.2. The van der Waals surface area contributed by atoms with Gasteiger partial charge in [0.05, 0.1) is 19.3 Å². The van der Waals surface area contributed by atoms with E-state index in [1.807, 2.05) is 0 Å². The lowest BCUT2D eigenvalue weighted by atomic mass is 9.78. The van der Waals surface area contributed by atoms with Crippen molar-refractivity contribution in [2.45, 2.75) is 36.8 Å². The Morgan fingerprint density at radius 1 is 1.31 bits per heavy atom. The summed E-state index contributed by atoms with van der Waals surface area (Å²) in [5.41, 5.74) is 9.69. The third-order valence-electron chi connectivity index (χ3n) is 5.35. The van der Waals surface area contributed by atoms with Gasteiger partial charge in [-0.05, 0) is 12.7 Å². The molecule has 2 aliphatic heterocycles. The van der Waals surface area contributed by atoms with Gasteiger partial charge in [0.15, 0.2) is 0 Å². The van der Waals surface area contributed by atoms with Crippen LogP contribution in [0.2, 0.25) is 6.32 Å². The number of carboxylic acid groups (broad SMARTS) is 2. The van der Waals surface area contributed by atoms with E-state index in [4.69, 9.17) is 31.4 Å². The summed E-state index contributed by atoms with van der Waals surface area (Å²) in [6.45, 7) is -1.04. The highest BCUT2D eigenvalue weighted by atomic mass is 32.2. The maximum Gasteiger partial charge on any atom is 0.451 e. The van der Waals surface area contributed by atoms with Crippen LogP contribution in [-0.2, 0) is 24.5 Å². The van der Waals surface area contributed by atoms with Crippen molar-refractivity contribution in [1.82, 2.24) is 8.61 Å². The molecule has 2 heterocycles. The van der Waals surface area contributed by atoms with Crippen LogP contribution in [-0.4, -0.2) is 107 Å². The van der Waals surface area contributed by atoms with Crippen LogP contribution in [0.3, 0.4) is 0 Å². The minimum absolute atomic E-state index is 0.00203. The van der Waals surface area contributed by atoms with Crippen molar-refractivity contribution in [3.63, 3.8) is 0 Å². The Balaban J connectivity index is 2.22. The molecule has 2 rings (SSSR count). The first-order valence-corrected chi connectivity index (χ1v) is 10.5. The van der Waals surface area contributed by atoms with Gasteiger partial charge in [-0.15, -0.1) is 0 Å². The normalized spacial score (nSPS) is 27.0. The van der Waals surface area contributed by atoms with Gasteiger partial charge < -0.3 is 36.5 Å². The van der Waals surface area contributed by atoms with Crippen molar-refractivity contribution in [2.24, 2.45) is 17.4 Å². The van der Waals surface area contributed by atoms with E-state index in [-0.39, 0.29) is 38.9 Å². The smallest absolute Gasteiger partial charge is 0.451 e. The number of carboxylic acids is 2. The van der Waals surface area contributed by atoms with Crippen LogP contribution in [0.1, 0.15) is 12.8 Å². The number of carbonyl (C=O) groups is 2. The number of rotatable bonds is 11. The second-order valence-electron chi connectivity index (χ2n) is 7.46. The Morgan fingerprint density at radius 2 is 1.93 bits per heavy atom. The molecule has 29 heavy (non-hydrogen) atoms. The predicted octanol–water partition coefficient (Wildman–Crippen LogP) is -3.69. The van der Waals surface area contributed by atoms with Gasteiger partial charge in [0.25, 0.3) is 10.2 Å². The van der Waals surface area contributed by atoms with Gasteiger partial charge in [-0.25, -0.2) is 0 Å². The molecule has 0 aromatic rings. The predicted molar refractivity (Wildman–Crippen MR) is 99.7 cm³/mol. The molecular formula is C14H27BN4O9S. The van der Waals surface area contributed by atoms with Gasteiger partial charge in [0.1, 0.15) is 11.6 Å². The molecule has 15 heteroatoms. The van der Waals surface area contributed by atoms with E-state index in [1.165, 1.54) is 0 Å². The highest BCUT2D eigenvalue weighted by Crippen LogP contribution is 2.34. The fourth-order valence-electron chi connectivity index (χ4n) is 3.45. The van der Waals surface area contributed by atoms with Crippen LogP contribution >= 0.6 is 0 Å². The quantitative estimate of drug-likeness (QED) is 0.173. The van der Waals surface area contributed by atoms with Gasteiger partial charge in [-0.3, -0.25) is 9.59 Å². The fourth-order valence-corrected chi connectivity index (χ4v) is 5.34. The Morgan fingerprint density at radius 3 is 2.38 bits per heavy atom. The summed E-state index contributed by atoms with van der Waals surface area (Å²) in [4.78, 5) is 22.9. The highest BCUT2D eigenvalue weighted by molar-refractivity contribution is 7.86. The van der Waals surface area contributed by atoms with Gasteiger partial charge in [-0.2, -0.15) is 17.0 Å². The molecule has 0 saturated carbocycles. The van der Waals surface area contributed by atoms with E-state index < -0.39 is 65.9 Å². The molecule has 0 radical (unpaired) electrons. The molecule has 0 bridgehead atoms. The molecule has 166 valence electrons. The monoisotopic (exact) mass is 438 g/mol. The standard InChI is InChI=1S/C14H27BN4O9S/c16-11(12(20)21)5-19(10-6-28-7-10)29(26,27)18-4-9(2-1-3-15(24)25)14(17,8-18)13(22)23/h9-11,24-25H,1-8,16-17H2,(H,20,21)(H,22,23)/t9-,11?,14-/m0/s1. The third-order valence-corrected chi connectivity index (χ3v) is 7.32. The van der Waals surface area contributed by atoms with Crippen molar-refractivity contribution in [1.29, 1.82) is 0 Å². The molecule has 0 aromatic carbocycles. The first kappa shape index (κ1) is 23.9. The van der Waals surface area contributed by atoms with Crippen molar-refractivity contribution >= 4 is 29.3 Å². The molecule has 3 atom stereocenters. The Bertz CT molecular complexity index is 720. The van der Waals surface area contributed by atoms with Gasteiger partial charge >= 0.3 is 19.1 Å². The number of nitrogens with zero attached hydrogens (tertiary/aromatic N) is 2. The summed E-state index contributed by atoms with van der Waals surface area (Å²) in [6.07, 6.45) is 0.415. The molecule has 0 aliphatic carbocycles. The zero-order valence-electron chi connectivity index (χ0n) is 15.8. The van der Waals surface area contributed by atoms with Crippen LogP contribution < -0.4 is 11.5 Å². The minimum atomic E-state index is -4.27. The molecule has 2 saturated heterocycles. The molecule has 2 aliphatic rings. The number of nitrogens with two attached hydrogens (primary N) is 2. The van der Waals surface area contributed by atoms with Gasteiger partial charge in [0, 0.05) is 25.6 Å². The second kappa shape index (κ2) is 9.22. The van der Waals surface area contributed by atoms with Crippen molar-refractivity contribution < 1.29 is 43.0 Å². The summed E-state index contributed by atoms with van der Waals surface area (Å²) in [5, 5.41) is 36.6. The van der Waals surface area contributed by atoms with E-state index in [0.717, 1.165) is 8.61 Å². The number of ether oxygens (including phenoxy) is 1. The van der Waals surface area contributed by atoms with Crippen LogP contribution in [0.25, 0.3) is 0 Å². The van der Waals surface area contributed by atoms with Crippen LogP contribution in [0.15, 0.2) is 0 Å². The largest absolute Gasteiger partial charge is 0.480 e. The van der Waals surface area contributed by atoms with E-state index >= 15 is 0 Å². The Kier molecular flexibility index (Phi) is 7.61. The van der Waals surface area contributed by atoms with E-state index in [0.29, 0.717) is 0 Å². The van der Waals surface area contributed by atoms with Gasteiger partial charge in [-0.1, -0.05) is 6.42 Å². The lowest BCUT2D eigenvalue weighted by Crippen LogP contribution is -2.60. The summed E-state index contributed by atoms with van der Waals surface area (Å²) < 4.78 is 33.2. The highest BCUT2D eigenvalue weighted by Gasteiger charge is 2.54. The van der Waals surface area contributed by atoms with E-state index in [2.05, 4.69) is 0 Å². The maximum absolute atomic E-state index is 13.2. The lowest BCUT2D eigenvalue weighted by Gasteiger charge is -2.38. The average molecular weight is 438 g/mol. The first-order chi connectivity index (χ1) is 13.4. The van der Waals surface area contributed by atoms with Crippen molar-refractivity contribution in [3.8, 4) is 0 Å². The van der Waals surface area contributed by atoms with Crippen molar-refractivity contribution in [2.75, 3.05) is 32.8 Å². The number of aliphatic carboxylic acids is 2. The second-order valence-corrected chi connectivity index (χ2v) is 9.34. The van der Waals surface area contributed by atoms with Gasteiger partial charge in [0.2, 0.25) is 0 Å². The summed E-state index contributed by atoms with van der Waals surface area (Å²) in [6, 6.07) is -2.07. The SMILES string of the molecule is NC(CN(C1COC1)S(=O)(=O)N1C[C@H](CCCB(O)O)[C@](N)(C(=O)O)C1)C(=O)O. The molecule has 8 N–H and O–H groups in total. The Hall–Kier alpha value is -1.33. The van der Waals surface area contributed by atoms with Crippen molar-refractivity contribution in [3.05, 3.63) is 0 Å². The van der Waals surface area contributed by atoms with Crippen LogP contribution in [0, 0.1) is 5.92 Å². The molecule has 0 amide bonds. The number of hydrogen-bond donors (Lipinski definition) is 6. The molecule has 2 fully saturated rings. The number of hydrogen-bond acceptors (Lipinski definition) is 9. The zero-order chi connectivity index (χ0) is 22.0. The molecule has 1 unspecified atom stereocenters. The lowest BCUT2D eigenvalue weighted by molar-refractivity contribution is -0.144. The van der Waals surface area contributed by atoms with E-state index in [9.17, 15) is 23.1 Å². The fraction of sp³-hybridized carbons (Fsp3) is 0.857. The summed E-state index contributed by atoms with van der Waals surface area (Å²) in [5.74, 6) is -3.50. The molecular weight excluding hydrogens is 411 g/mol. The topological polar surface area (TPSA) is 217 Å². The van der Waals surface area contributed by atoms with Crippen LogP contribution in [0.5, 0.6) is 0 Å². The first-order valence-electron chi connectivity index (χ1n) is 9.11. The average Bonchev–Trinajstić information content (AvgIpc) is 2.91. The zero-order valence-corrected chi connectivity index (χ0v) is 16.6. The molecule has 0 aromatic heterocycles. The third kappa shape index (κ3) is 5.24. The van der Waals surface area contributed by atoms with E-state index in [1.54, 1.807) is 0 Å². The van der Waals surface area contributed by atoms with Crippen LogP contribution in [0.4, 0.5) is 0 Å². The Labute approximate surface area is 168 Å². The summed E-state index contributed by atoms with van der Waals surface area (Å²) in [7, 11) is -5.82. The summed E-state index contributed by atoms with van der Waals surface area (Å²) >= 11 is 0.